The molecular formula is C22H28N4O. The van der Waals surface area contributed by atoms with E-state index in [0.29, 0.717) is 0 Å². The first kappa shape index (κ1) is 18.2. The zero-order valence-corrected chi connectivity index (χ0v) is 15.9. The summed E-state index contributed by atoms with van der Waals surface area (Å²) < 4.78 is 7.69. The van der Waals surface area contributed by atoms with E-state index in [2.05, 4.69) is 51.3 Å². The fourth-order valence-corrected chi connectivity index (χ4v) is 3.78. The molecule has 2 saturated heterocycles. The van der Waals surface area contributed by atoms with Crippen molar-refractivity contribution in [2.75, 3.05) is 26.2 Å². The minimum atomic E-state index is 0.269. The first-order valence-corrected chi connectivity index (χ1v) is 10.2. The highest BCUT2D eigenvalue weighted by atomic mass is 16.5. The second-order valence-electron chi connectivity index (χ2n) is 7.53. The van der Waals surface area contributed by atoms with Crippen molar-refractivity contribution in [3.05, 3.63) is 36.0 Å². The lowest BCUT2D eigenvalue weighted by molar-refractivity contribution is 0.00370. The van der Waals surface area contributed by atoms with Gasteiger partial charge in [-0.15, -0.1) is 5.10 Å². The van der Waals surface area contributed by atoms with Crippen LogP contribution in [0.1, 0.15) is 44.1 Å². The van der Waals surface area contributed by atoms with Crippen LogP contribution < -0.4 is 0 Å². The number of ether oxygens (including phenoxy) is 1. The molecule has 0 amide bonds. The molecule has 0 bridgehead atoms. The number of benzene rings is 1. The summed E-state index contributed by atoms with van der Waals surface area (Å²) in [6.07, 6.45) is 9.79. The van der Waals surface area contributed by atoms with Gasteiger partial charge in [-0.1, -0.05) is 35.6 Å². The van der Waals surface area contributed by atoms with Crippen molar-refractivity contribution < 1.29 is 4.74 Å². The minimum Gasteiger partial charge on any atom is -0.376 e. The van der Waals surface area contributed by atoms with Gasteiger partial charge in [0.25, 0.3) is 0 Å². The fraction of sp³-hybridized carbons (Fsp3) is 0.545. The summed E-state index contributed by atoms with van der Waals surface area (Å²) in [4.78, 5) is 2.44. The highest BCUT2D eigenvalue weighted by Gasteiger charge is 2.15. The van der Waals surface area contributed by atoms with Gasteiger partial charge in [-0.05, 0) is 57.3 Å². The molecule has 0 radical (unpaired) electrons. The summed E-state index contributed by atoms with van der Waals surface area (Å²) >= 11 is 0. The number of nitrogens with zero attached hydrogens (tertiary/aromatic N) is 4. The molecule has 2 aromatic rings. The molecule has 27 heavy (non-hydrogen) atoms. The van der Waals surface area contributed by atoms with Crippen molar-refractivity contribution in [1.82, 2.24) is 19.9 Å². The van der Waals surface area contributed by atoms with Crippen molar-refractivity contribution in [2.24, 2.45) is 0 Å². The van der Waals surface area contributed by atoms with E-state index in [-0.39, 0.29) is 6.10 Å². The maximum atomic E-state index is 5.79. The Morgan fingerprint density at radius 3 is 2.67 bits per heavy atom. The van der Waals surface area contributed by atoms with Crippen LogP contribution in [0.4, 0.5) is 0 Å². The Morgan fingerprint density at radius 2 is 1.89 bits per heavy atom. The van der Waals surface area contributed by atoms with Gasteiger partial charge in [-0.2, -0.15) is 0 Å². The first-order chi connectivity index (χ1) is 13.4. The number of aromatic nitrogens is 3. The molecule has 1 aromatic heterocycles. The van der Waals surface area contributed by atoms with Gasteiger partial charge in [-0.3, -0.25) is 4.90 Å². The van der Waals surface area contributed by atoms with Crippen molar-refractivity contribution in [1.29, 1.82) is 0 Å². The SMILES string of the molecule is C(#Cc1ccc(-c2cn(CC3CCCCO3)nn2)cc1)CN1CCCCC1. The summed E-state index contributed by atoms with van der Waals surface area (Å²) in [5.74, 6) is 6.59. The second-order valence-corrected chi connectivity index (χ2v) is 7.53. The Balaban J connectivity index is 1.33. The summed E-state index contributed by atoms with van der Waals surface area (Å²) in [6.45, 7) is 4.91. The van der Waals surface area contributed by atoms with Gasteiger partial charge >= 0.3 is 0 Å². The molecule has 3 heterocycles. The van der Waals surface area contributed by atoms with E-state index >= 15 is 0 Å². The molecule has 5 nitrogen and oxygen atoms in total. The zero-order chi connectivity index (χ0) is 18.3. The molecule has 1 unspecified atom stereocenters. The molecule has 1 aromatic carbocycles. The minimum absolute atomic E-state index is 0.269. The molecule has 4 rings (SSSR count). The summed E-state index contributed by atoms with van der Waals surface area (Å²) in [5.41, 5.74) is 3.03. The third-order valence-electron chi connectivity index (χ3n) is 5.37. The van der Waals surface area contributed by atoms with Crippen molar-refractivity contribution in [2.45, 2.75) is 51.2 Å². The van der Waals surface area contributed by atoms with Crippen molar-refractivity contribution in [3.8, 4) is 23.1 Å². The van der Waals surface area contributed by atoms with E-state index in [4.69, 9.17) is 4.74 Å². The zero-order valence-electron chi connectivity index (χ0n) is 15.9. The van der Waals surface area contributed by atoms with E-state index in [0.717, 1.165) is 42.9 Å². The Bertz CT molecular complexity index is 775. The predicted molar refractivity (Wildman–Crippen MR) is 106 cm³/mol. The predicted octanol–water partition coefficient (Wildman–Crippen LogP) is 3.35. The molecule has 5 heteroatoms. The monoisotopic (exact) mass is 364 g/mol. The molecule has 1 atom stereocenters. The maximum Gasteiger partial charge on any atom is 0.113 e. The van der Waals surface area contributed by atoms with Gasteiger partial charge < -0.3 is 4.74 Å². The summed E-state index contributed by atoms with van der Waals surface area (Å²) in [5, 5.41) is 8.58. The lowest BCUT2D eigenvalue weighted by Crippen LogP contribution is -2.29. The van der Waals surface area contributed by atoms with E-state index < -0.39 is 0 Å². The molecule has 2 aliphatic rings. The number of hydrogen-bond acceptors (Lipinski definition) is 4. The maximum absolute atomic E-state index is 5.79. The third-order valence-corrected chi connectivity index (χ3v) is 5.37. The van der Waals surface area contributed by atoms with Gasteiger partial charge in [0.05, 0.1) is 25.4 Å². The molecule has 0 spiro atoms. The van der Waals surface area contributed by atoms with Gasteiger partial charge in [0, 0.05) is 17.7 Å². The highest BCUT2D eigenvalue weighted by molar-refractivity contribution is 5.59. The van der Waals surface area contributed by atoms with E-state index in [1.54, 1.807) is 0 Å². The van der Waals surface area contributed by atoms with Crippen LogP contribution >= 0.6 is 0 Å². The first-order valence-electron chi connectivity index (χ1n) is 10.2. The largest absolute Gasteiger partial charge is 0.376 e. The number of piperidine rings is 1. The number of hydrogen-bond donors (Lipinski definition) is 0. The number of rotatable bonds is 4. The summed E-state index contributed by atoms with van der Waals surface area (Å²) in [7, 11) is 0. The van der Waals surface area contributed by atoms with Crippen LogP contribution in [0.15, 0.2) is 30.5 Å². The average Bonchev–Trinajstić information content (AvgIpc) is 3.19. The van der Waals surface area contributed by atoms with Gasteiger partial charge in [-0.25, -0.2) is 4.68 Å². The fourth-order valence-electron chi connectivity index (χ4n) is 3.78. The van der Waals surface area contributed by atoms with Crippen LogP contribution in [-0.4, -0.2) is 52.2 Å². The van der Waals surface area contributed by atoms with E-state index in [1.807, 2.05) is 10.9 Å². The quantitative estimate of drug-likeness (QED) is 0.781. The highest BCUT2D eigenvalue weighted by Crippen LogP contribution is 2.18. The Morgan fingerprint density at radius 1 is 1.04 bits per heavy atom. The second kappa shape index (κ2) is 9.16. The molecule has 0 aliphatic carbocycles. The van der Waals surface area contributed by atoms with Crippen LogP contribution in [0.3, 0.4) is 0 Å². The smallest absolute Gasteiger partial charge is 0.113 e. The molecule has 2 aliphatic heterocycles. The lowest BCUT2D eigenvalue weighted by atomic mass is 10.1. The lowest BCUT2D eigenvalue weighted by Gasteiger charge is -2.23. The molecule has 0 saturated carbocycles. The molecular weight excluding hydrogens is 336 g/mol. The van der Waals surface area contributed by atoms with E-state index in [9.17, 15) is 0 Å². The average molecular weight is 364 g/mol. The van der Waals surface area contributed by atoms with Crippen LogP contribution in [0.25, 0.3) is 11.3 Å². The summed E-state index contributed by atoms with van der Waals surface area (Å²) in [6, 6.07) is 8.30. The third kappa shape index (κ3) is 5.18. The van der Waals surface area contributed by atoms with Gasteiger partial charge in [0.15, 0.2) is 0 Å². The number of likely N-dealkylation sites (tertiary alicyclic amines) is 1. The van der Waals surface area contributed by atoms with Crippen molar-refractivity contribution in [3.63, 3.8) is 0 Å². The Labute approximate surface area is 161 Å². The topological polar surface area (TPSA) is 43.2 Å². The normalized spacial score (nSPS) is 20.8. The Hall–Kier alpha value is -2.16. The van der Waals surface area contributed by atoms with Gasteiger partial charge in [0.2, 0.25) is 0 Å². The molecule has 2 fully saturated rings. The van der Waals surface area contributed by atoms with Crippen LogP contribution in [0, 0.1) is 11.8 Å². The van der Waals surface area contributed by atoms with Crippen LogP contribution in [0.5, 0.6) is 0 Å². The van der Waals surface area contributed by atoms with Crippen LogP contribution in [0.2, 0.25) is 0 Å². The van der Waals surface area contributed by atoms with E-state index in [1.165, 1.54) is 45.2 Å². The Kier molecular flexibility index (Phi) is 6.18. The molecule has 142 valence electrons. The van der Waals surface area contributed by atoms with Crippen molar-refractivity contribution >= 4 is 0 Å². The van der Waals surface area contributed by atoms with Crippen LogP contribution in [-0.2, 0) is 11.3 Å². The molecule has 0 N–H and O–H groups in total. The standard InChI is InChI=1S/C22H28N4O/c1-3-13-25(14-4-1)15-6-7-19-9-11-20(12-10-19)22-18-26(24-23-22)17-21-8-2-5-16-27-21/h9-12,18,21H,1-5,8,13-17H2. The van der Waals surface area contributed by atoms with Gasteiger partial charge in [0.1, 0.15) is 5.69 Å².